The van der Waals surface area contributed by atoms with Gasteiger partial charge in [-0.15, -0.1) is 0 Å². The lowest BCUT2D eigenvalue weighted by Gasteiger charge is -2.10. The Bertz CT molecular complexity index is 431. The van der Waals surface area contributed by atoms with Crippen LogP contribution in [0.15, 0.2) is 24.3 Å². The zero-order valence-corrected chi connectivity index (χ0v) is 11.0. The summed E-state index contributed by atoms with van der Waals surface area (Å²) in [6.45, 7) is 1.90. The van der Waals surface area contributed by atoms with Crippen molar-refractivity contribution in [2.45, 2.75) is 6.92 Å². The number of carbonyl (C=O) groups is 2. The molecule has 1 aromatic carbocycles. The molecule has 1 atom stereocenters. The van der Waals surface area contributed by atoms with Gasteiger partial charge in [0.05, 0.1) is 7.11 Å². The minimum Gasteiger partial charge on any atom is -0.482 e. The number of rotatable bonds is 6. The molecule has 19 heavy (non-hydrogen) atoms. The van der Waals surface area contributed by atoms with E-state index >= 15 is 0 Å². The number of benzene rings is 1. The first-order valence-electron chi connectivity index (χ1n) is 5.87. The summed E-state index contributed by atoms with van der Waals surface area (Å²) in [6.07, 6.45) is 0. The minimum atomic E-state index is -0.450. The van der Waals surface area contributed by atoms with Crippen molar-refractivity contribution >= 4 is 17.6 Å². The summed E-state index contributed by atoms with van der Waals surface area (Å²) >= 11 is 0. The second-order valence-electron chi connectivity index (χ2n) is 4.02. The Morgan fingerprint density at radius 3 is 2.47 bits per heavy atom. The topological polar surface area (TPSA) is 90.6 Å². The third-order valence-corrected chi connectivity index (χ3v) is 2.51. The van der Waals surface area contributed by atoms with Gasteiger partial charge in [0, 0.05) is 18.2 Å². The molecular weight excluding hydrogens is 248 g/mol. The third-order valence-electron chi connectivity index (χ3n) is 2.51. The van der Waals surface area contributed by atoms with Crippen LogP contribution in [0.5, 0.6) is 5.75 Å². The summed E-state index contributed by atoms with van der Waals surface area (Å²) < 4.78 is 9.63. The predicted octanol–water partition coefficient (Wildman–Crippen LogP) is 0.772. The van der Waals surface area contributed by atoms with Gasteiger partial charge in [-0.2, -0.15) is 0 Å². The van der Waals surface area contributed by atoms with Gasteiger partial charge < -0.3 is 20.5 Å². The zero-order valence-electron chi connectivity index (χ0n) is 11.0. The summed E-state index contributed by atoms with van der Waals surface area (Å²) in [5.41, 5.74) is 6.06. The molecule has 6 heteroatoms. The number of hydrogen-bond donors (Lipinski definition) is 2. The van der Waals surface area contributed by atoms with E-state index in [2.05, 4.69) is 10.1 Å². The lowest BCUT2D eigenvalue weighted by molar-refractivity contribution is -0.142. The van der Waals surface area contributed by atoms with Gasteiger partial charge in [0.25, 0.3) is 0 Å². The van der Waals surface area contributed by atoms with Crippen molar-refractivity contribution in [2.24, 2.45) is 11.7 Å². The first-order valence-corrected chi connectivity index (χ1v) is 5.87. The molecule has 0 saturated heterocycles. The minimum absolute atomic E-state index is 0.134. The second kappa shape index (κ2) is 7.38. The molecule has 0 aliphatic rings. The van der Waals surface area contributed by atoms with Crippen LogP contribution < -0.4 is 15.8 Å². The van der Waals surface area contributed by atoms with Crippen LogP contribution in [0.3, 0.4) is 0 Å². The molecule has 0 heterocycles. The third kappa shape index (κ3) is 4.97. The number of esters is 1. The Morgan fingerprint density at radius 1 is 1.32 bits per heavy atom. The van der Waals surface area contributed by atoms with E-state index in [-0.39, 0.29) is 18.4 Å². The molecule has 0 aliphatic heterocycles. The van der Waals surface area contributed by atoms with Gasteiger partial charge in [0.1, 0.15) is 5.75 Å². The van der Waals surface area contributed by atoms with Crippen molar-refractivity contribution in [2.75, 3.05) is 25.6 Å². The molecule has 0 bridgehead atoms. The molecule has 1 amide bonds. The maximum atomic E-state index is 11.6. The van der Waals surface area contributed by atoms with Gasteiger partial charge in [0.15, 0.2) is 6.61 Å². The van der Waals surface area contributed by atoms with Crippen molar-refractivity contribution in [1.82, 2.24) is 0 Å². The van der Waals surface area contributed by atoms with Gasteiger partial charge in [-0.3, -0.25) is 4.79 Å². The van der Waals surface area contributed by atoms with E-state index in [9.17, 15) is 9.59 Å². The highest BCUT2D eigenvalue weighted by Gasteiger charge is 2.10. The van der Waals surface area contributed by atoms with Crippen LogP contribution in [-0.4, -0.2) is 32.1 Å². The quantitative estimate of drug-likeness (QED) is 0.742. The Balaban J connectivity index is 2.52. The van der Waals surface area contributed by atoms with Crippen molar-refractivity contribution in [3.05, 3.63) is 24.3 Å². The summed E-state index contributed by atoms with van der Waals surface area (Å²) in [5, 5.41) is 2.73. The number of ether oxygens (including phenoxy) is 2. The number of anilines is 1. The van der Waals surface area contributed by atoms with Crippen LogP contribution in [0.2, 0.25) is 0 Å². The van der Waals surface area contributed by atoms with Gasteiger partial charge in [0.2, 0.25) is 5.91 Å². The summed E-state index contributed by atoms with van der Waals surface area (Å²) in [6, 6.07) is 6.69. The molecule has 1 aromatic rings. The number of methoxy groups -OCH3 is 1. The van der Waals surface area contributed by atoms with Crippen molar-refractivity contribution in [1.29, 1.82) is 0 Å². The Hall–Kier alpha value is -2.08. The van der Waals surface area contributed by atoms with E-state index in [1.54, 1.807) is 31.2 Å². The molecule has 3 N–H and O–H groups in total. The van der Waals surface area contributed by atoms with Gasteiger partial charge in [-0.05, 0) is 24.3 Å². The SMILES string of the molecule is COC(=O)COc1ccc(NC(=O)C(C)CN)cc1. The first-order chi connectivity index (χ1) is 9.06. The summed E-state index contributed by atoms with van der Waals surface area (Å²) in [5.74, 6) is -0.301. The van der Waals surface area contributed by atoms with Crippen LogP contribution in [0.25, 0.3) is 0 Å². The van der Waals surface area contributed by atoms with Crippen LogP contribution in [0.1, 0.15) is 6.92 Å². The normalized spacial score (nSPS) is 11.5. The van der Waals surface area contributed by atoms with E-state index in [1.165, 1.54) is 7.11 Å². The van der Waals surface area contributed by atoms with Crippen LogP contribution in [0, 0.1) is 5.92 Å². The number of carbonyl (C=O) groups excluding carboxylic acids is 2. The molecule has 1 unspecified atom stereocenters. The summed E-state index contributed by atoms with van der Waals surface area (Å²) in [7, 11) is 1.29. The Morgan fingerprint density at radius 2 is 1.95 bits per heavy atom. The van der Waals surface area contributed by atoms with Gasteiger partial charge in [-0.1, -0.05) is 6.92 Å². The average Bonchev–Trinajstić information content (AvgIpc) is 2.45. The van der Waals surface area contributed by atoms with Crippen LogP contribution in [-0.2, 0) is 14.3 Å². The van der Waals surface area contributed by atoms with Crippen molar-refractivity contribution in [3.63, 3.8) is 0 Å². The maximum Gasteiger partial charge on any atom is 0.343 e. The van der Waals surface area contributed by atoms with E-state index in [0.29, 0.717) is 18.0 Å². The van der Waals surface area contributed by atoms with Crippen molar-refractivity contribution < 1.29 is 19.1 Å². The van der Waals surface area contributed by atoms with Gasteiger partial charge >= 0.3 is 5.97 Å². The number of nitrogens with two attached hydrogens (primary N) is 1. The lowest BCUT2D eigenvalue weighted by Crippen LogP contribution is -2.26. The van der Waals surface area contributed by atoms with Crippen LogP contribution >= 0.6 is 0 Å². The molecule has 0 spiro atoms. The fourth-order valence-electron chi connectivity index (χ4n) is 1.21. The molecule has 0 fully saturated rings. The Kier molecular flexibility index (Phi) is 5.81. The highest BCUT2D eigenvalue weighted by atomic mass is 16.6. The van der Waals surface area contributed by atoms with Crippen molar-refractivity contribution in [3.8, 4) is 5.75 Å². The van der Waals surface area contributed by atoms with E-state index in [4.69, 9.17) is 10.5 Å². The van der Waals surface area contributed by atoms with E-state index in [1.807, 2.05) is 0 Å². The zero-order chi connectivity index (χ0) is 14.3. The molecule has 0 radical (unpaired) electrons. The Labute approximate surface area is 111 Å². The summed E-state index contributed by atoms with van der Waals surface area (Å²) in [4.78, 5) is 22.5. The number of hydrogen-bond acceptors (Lipinski definition) is 5. The molecular formula is C13H18N2O4. The van der Waals surface area contributed by atoms with E-state index in [0.717, 1.165) is 0 Å². The first kappa shape index (κ1) is 15.0. The maximum absolute atomic E-state index is 11.6. The molecule has 0 aliphatic carbocycles. The second-order valence-corrected chi connectivity index (χ2v) is 4.02. The van der Waals surface area contributed by atoms with Gasteiger partial charge in [-0.25, -0.2) is 4.79 Å². The average molecular weight is 266 g/mol. The molecule has 1 rings (SSSR count). The molecule has 0 aromatic heterocycles. The largest absolute Gasteiger partial charge is 0.482 e. The monoisotopic (exact) mass is 266 g/mol. The fraction of sp³-hybridized carbons (Fsp3) is 0.385. The fourth-order valence-corrected chi connectivity index (χ4v) is 1.21. The smallest absolute Gasteiger partial charge is 0.343 e. The standard InChI is InChI=1S/C13H18N2O4/c1-9(7-14)13(17)15-10-3-5-11(6-4-10)19-8-12(16)18-2/h3-6,9H,7-8,14H2,1-2H3,(H,15,17). The van der Waals surface area contributed by atoms with E-state index < -0.39 is 5.97 Å². The predicted molar refractivity (Wildman–Crippen MR) is 70.8 cm³/mol. The molecule has 6 nitrogen and oxygen atoms in total. The lowest BCUT2D eigenvalue weighted by atomic mass is 10.1. The molecule has 104 valence electrons. The number of nitrogens with one attached hydrogen (secondary N) is 1. The highest BCUT2D eigenvalue weighted by molar-refractivity contribution is 5.92. The number of amides is 1. The van der Waals surface area contributed by atoms with Crippen LogP contribution in [0.4, 0.5) is 5.69 Å². The molecule has 0 saturated carbocycles. The highest BCUT2D eigenvalue weighted by Crippen LogP contribution is 2.16.